The van der Waals surface area contributed by atoms with Crippen LogP contribution in [0.25, 0.3) is 0 Å². The summed E-state index contributed by atoms with van der Waals surface area (Å²) in [7, 11) is 8.33. The Bertz CT molecular complexity index is 155. The molecule has 0 atom stereocenters. The van der Waals surface area contributed by atoms with Crippen LogP contribution in [0, 0.1) is 0 Å². The van der Waals surface area contributed by atoms with E-state index in [0.717, 1.165) is 26.2 Å². The molecule has 0 spiro atoms. The summed E-state index contributed by atoms with van der Waals surface area (Å²) in [6, 6.07) is 0. The van der Waals surface area contributed by atoms with Gasteiger partial charge in [0.2, 0.25) is 0 Å². The van der Waals surface area contributed by atoms with E-state index in [9.17, 15) is 0 Å². The van der Waals surface area contributed by atoms with Crippen LogP contribution in [0.1, 0.15) is 6.42 Å². The van der Waals surface area contributed by atoms with E-state index in [2.05, 4.69) is 42.8 Å². The standard InChI is InChI=1S/C11H25N3/c1-11(9-12-2)10-14(5)8-6-7-13(3)4/h12H,1,6-10H2,2-5H3. The van der Waals surface area contributed by atoms with E-state index >= 15 is 0 Å². The number of rotatable bonds is 8. The summed E-state index contributed by atoms with van der Waals surface area (Å²) in [5.41, 5.74) is 1.25. The molecule has 0 rings (SSSR count). The van der Waals surface area contributed by atoms with Crippen molar-refractivity contribution in [3.8, 4) is 0 Å². The molecule has 14 heavy (non-hydrogen) atoms. The van der Waals surface area contributed by atoms with Gasteiger partial charge in [-0.15, -0.1) is 0 Å². The first-order valence-corrected chi connectivity index (χ1v) is 5.20. The lowest BCUT2D eigenvalue weighted by atomic mass is 10.2. The molecule has 0 radical (unpaired) electrons. The highest BCUT2D eigenvalue weighted by atomic mass is 15.1. The van der Waals surface area contributed by atoms with Gasteiger partial charge in [-0.25, -0.2) is 0 Å². The minimum Gasteiger partial charge on any atom is -0.316 e. The van der Waals surface area contributed by atoms with Crippen LogP contribution >= 0.6 is 0 Å². The fourth-order valence-electron chi connectivity index (χ4n) is 1.42. The van der Waals surface area contributed by atoms with Gasteiger partial charge in [0.05, 0.1) is 0 Å². The number of likely N-dealkylation sites (N-methyl/N-ethyl adjacent to an activating group) is 2. The molecular formula is C11H25N3. The average molecular weight is 199 g/mol. The number of nitrogens with zero attached hydrogens (tertiary/aromatic N) is 2. The molecule has 0 aromatic carbocycles. The molecule has 0 fully saturated rings. The Kier molecular flexibility index (Phi) is 7.76. The topological polar surface area (TPSA) is 18.5 Å². The summed E-state index contributed by atoms with van der Waals surface area (Å²) in [5, 5.41) is 3.11. The van der Waals surface area contributed by atoms with Crippen LogP contribution in [0.2, 0.25) is 0 Å². The Morgan fingerprint density at radius 3 is 2.36 bits per heavy atom. The van der Waals surface area contributed by atoms with E-state index < -0.39 is 0 Å². The second-order valence-electron chi connectivity index (χ2n) is 4.17. The van der Waals surface area contributed by atoms with Gasteiger partial charge in [-0.2, -0.15) is 0 Å². The first kappa shape index (κ1) is 13.6. The highest BCUT2D eigenvalue weighted by molar-refractivity contribution is 4.98. The van der Waals surface area contributed by atoms with E-state index in [0.29, 0.717) is 0 Å². The third kappa shape index (κ3) is 8.23. The molecular weight excluding hydrogens is 174 g/mol. The van der Waals surface area contributed by atoms with E-state index in [1.165, 1.54) is 12.0 Å². The number of hydrogen-bond acceptors (Lipinski definition) is 3. The zero-order chi connectivity index (χ0) is 11.0. The van der Waals surface area contributed by atoms with Crippen molar-refractivity contribution in [1.29, 1.82) is 0 Å². The third-order valence-corrected chi connectivity index (χ3v) is 2.07. The van der Waals surface area contributed by atoms with E-state index in [-0.39, 0.29) is 0 Å². The number of hydrogen-bond donors (Lipinski definition) is 1. The first-order valence-electron chi connectivity index (χ1n) is 5.20. The maximum Gasteiger partial charge on any atom is 0.0199 e. The van der Waals surface area contributed by atoms with Crippen LogP contribution in [0.3, 0.4) is 0 Å². The Labute approximate surface area is 88.8 Å². The molecule has 0 aliphatic rings. The zero-order valence-corrected chi connectivity index (χ0v) is 10.1. The fourth-order valence-corrected chi connectivity index (χ4v) is 1.42. The van der Waals surface area contributed by atoms with Crippen molar-refractivity contribution in [3.63, 3.8) is 0 Å². The summed E-state index contributed by atoms with van der Waals surface area (Å²) in [6.07, 6.45) is 1.22. The smallest absolute Gasteiger partial charge is 0.0199 e. The van der Waals surface area contributed by atoms with Crippen molar-refractivity contribution in [1.82, 2.24) is 15.1 Å². The molecule has 3 nitrogen and oxygen atoms in total. The lowest BCUT2D eigenvalue weighted by molar-refractivity contribution is 0.316. The van der Waals surface area contributed by atoms with Crippen LogP contribution in [0.4, 0.5) is 0 Å². The van der Waals surface area contributed by atoms with Gasteiger partial charge in [0, 0.05) is 13.1 Å². The molecule has 0 unspecified atom stereocenters. The van der Waals surface area contributed by atoms with Crippen LogP contribution in [-0.2, 0) is 0 Å². The Morgan fingerprint density at radius 2 is 1.86 bits per heavy atom. The first-order chi connectivity index (χ1) is 6.56. The third-order valence-electron chi connectivity index (χ3n) is 2.07. The Balaban J connectivity index is 3.44. The molecule has 84 valence electrons. The summed E-state index contributed by atoms with van der Waals surface area (Å²) >= 11 is 0. The summed E-state index contributed by atoms with van der Waals surface area (Å²) < 4.78 is 0. The second-order valence-corrected chi connectivity index (χ2v) is 4.17. The van der Waals surface area contributed by atoms with Gasteiger partial charge in [-0.3, -0.25) is 0 Å². The lowest BCUT2D eigenvalue weighted by Gasteiger charge is -2.19. The van der Waals surface area contributed by atoms with Gasteiger partial charge in [0.1, 0.15) is 0 Å². The molecule has 0 aliphatic heterocycles. The van der Waals surface area contributed by atoms with Crippen LogP contribution in [0.15, 0.2) is 12.2 Å². The SMILES string of the molecule is C=C(CNC)CN(C)CCCN(C)C. The highest BCUT2D eigenvalue weighted by Gasteiger charge is 2.00. The maximum absolute atomic E-state index is 4.01. The van der Waals surface area contributed by atoms with Crippen molar-refractivity contribution in [2.24, 2.45) is 0 Å². The molecule has 0 aliphatic carbocycles. The Hall–Kier alpha value is -0.380. The van der Waals surface area contributed by atoms with Crippen molar-refractivity contribution in [2.45, 2.75) is 6.42 Å². The predicted octanol–water partition coefficient (Wildman–Crippen LogP) is 0.646. The van der Waals surface area contributed by atoms with Gasteiger partial charge < -0.3 is 15.1 Å². The minimum absolute atomic E-state index is 0.915. The van der Waals surface area contributed by atoms with Crippen LogP contribution in [-0.4, -0.2) is 64.2 Å². The van der Waals surface area contributed by atoms with Gasteiger partial charge in [0.15, 0.2) is 0 Å². The van der Waals surface area contributed by atoms with E-state index in [1.54, 1.807) is 0 Å². The number of nitrogens with one attached hydrogen (secondary N) is 1. The molecule has 0 saturated carbocycles. The largest absolute Gasteiger partial charge is 0.316 e. The van der Waals surface area contributed by atoms with Crippen molar-refractivity contribution >= 4 is 0 Å². The van der Waals surface area contributed by atoms with E-state index in [1.807, 2.05) is 7.05 Å². The molecule has 0 saturated heterocycles. The average Bonchev–Trinajstić information content (AvgIpc) is 2.03. The molecule has 0 bridgehead atoms. The van der Waals surface area contributed by atoms with Gasteiger partial charge in [-0.1, -0.05) is 6.58 Å². The molecule has 3 heteroatoms. The van der Waals surface area contributed by atoms with Crippen molar-refractivity contribution in [3.05, 3.63) is 12.2 Å². The summed E-state index contributed by atoms with van der Waals surface area (Å²) in [4.78, 5) is 4.54. The molecule has 0 heterocycles. The Morgan fingerprint density at radius 1 is 1.21 bits per heavy atom. The fraction of sp³-hybridized carbons (Fsp3) is 0.818. The maximum atomic E-state index is 4.01. The normalized spacial score (nSPS) is 11.3. The predicted molar refractivity (Wildman–Crippen MR) is 63.7 cm³/mol. The van der Waals surface area contributed by atoms with Crippen molar-refractivity contribution in [2.75, 3.05) is 54.4 Å². The second kappa shape index (κ2) is 7.97. The summed E-state index contributed by atoms with van der Waals surface area (Å²) in [6.45, 7) is 8.22. The molecule has 0 amide bonds. The van der Waals surface area contributed by atoms with E-state index in [4.69, 9.17) is 0 Å². The molecule has 1 N–H and O–H groups in total. The lowest BCUT2D eigenvalue weighted by Crippen LogP contribution is -2.27. The van der Waals surface area contributed by atoms with Crippen LogP contribution < -0.4 is 5.32 Å². The quantitative estimate of drug-likeness (QED) is 0.579. The zero-order valence-electron chi connectivity index (χ0n) is 10.1. The monoisotopic (exact) mass is 199 g/mol. The van der Waals surface area contributed by atoms with Gasteiger partial charge >= 0.3 is 0 Å². The van der Waals surface area contributed by atoms with Gasteiger partial charge in [0.25, 0.3) is 0 Å². The van der Waals surface area contributed by atoms with Crippen molar-refractivity contribution < 1.29 is 0 Å². The summed E-state index contributed by atoms with van der Waals surface area (Å²) in [5.74, 6) is 0. The molecule has 0 aromatic rings. The molecule has 0 aromatic heterocycles. The minimum atomic E-state index is 0.915. The highest BCUT2D eigenvalue weighted by Crippen LogP contribution is 1.95. The van der Waals surface area contributed by atoms with Crippen LogP contribution in [0.5, 0.6) is 0 Å². The van der Waals surface area contributed by atoms with Gasteiger partial charge in [-0.05, 0) is 53.3 Å².